The van der Waals surface area contributed by atoms with Crippen molar-refractivity contribution in [2.45, 2.75) is 12.1 Å². The van der Waals surface area contributed by atoms with Crippen LogP contribution < -0.4 is 5.32 Å². The maximum absolute atomic E-state index is 5.55. The van der Waals surface area contributed by atoms with Gasteiger partial charge in [-0.1, -0.05) is 9.39 Å². The summed E-state index contributed by atoms with van der Waals surface area (Å²) in [5, 5.41) is 3.43. The van der Waals surface area contributed by atoms with Crippen LogP contribution in [0.2, 0.25) is 0 Å². The quantitative estimate of drug-likeness (QED) is 0.481. The summed E-state index contributed by atoms with van der Waals surface area (Å²) in [5.41, 5.74) is 0. The number of nitrogens with one attached hydrogen (secondary N) is 1. The van der Waals surface area contributed by atoms with Crippen LogP contribution in [0.25, 0.3) is 0 Å². The van der Waals surface area contributed by atoms with Gasteiger partial charge in [0.05, 0.1) is 12.7 Å². The summed E-state index contributed by atoms with van der Waals surface area (Å²) >= 11 is 0. The Morgan fingerprint density at radius 3 is 3.20 bits per heavy atom. The van der Waals surface area contributed by atoms with E-state index in [4.69, 9.17) is 4.74 Å². The molecule has 0 spiro atoms. The minimum Gasteiger partial charge on any atom is -0.374 e. The Labute approximate surface area is 63.4 Å². The molecule has 3 unspecified atom stereocenters. The van der Waals surface area contributed by atoms with E-state index in [0.717, 1.165) is 26.2 Å². The van der Waals surface area contributed by atoms with Crippen LogP contribution in [0.4, 0.5) is 0 Å². The molecule has 2 heterocycles. The largest absolute Gasteiger partial charge is 0.374 e. The number of nitrogens with zero attached hydrogens (tertiary/aromatic N) is 1. The van der Waals surface area contributed by atoms with E-state index in [1.807, 2.05) is 0 Å². The third kappa shape index (κ3) is 1.19. The maximum atomic E-state index is 5.55. The highest BCUT2D eigenvalue weighted by molar-refractivity contribution is 7.13. The lowest BCUT2D eigenvalue weighted by atomic mass is 10.2. The van der Waals surface area contributed by atoms with Gasteiger partial charge in [-0.2, -0.15) is 0 Å². The molecular formula is C6H13N2OP. The predicted octanol–water partition coefficient (Wildman–Crippen LogP) is -0.551. The van der Waals surface area contributed by atoms with Gasteiger partial charge in [0.2, 0.25) is 0 Å². The first-order chi connectivity index (χ1) is 4.86. The van der Waals surface area contributed by atoms with Gasteiger partial charge in [0, 0.05) is 25.7 Å². The summed E-state index contributed by atoms with van der Waals surface area (Å²) in [4.78, 5) is 0. The van der Waals surface area contributed by atoms with Crippen LogP contribution in [-0.4, -0.2) is 43.1 Å². The average molecular weight is 160 g/mol. The fourth-order valence-corrected chi connectivity index (χ4v) is 2.06. The van der Waals surface area contributed by atoms with Gasteiger partial charge < -0.3 is 10.1 Å². The van der Waals surface area contributed by atoms with Crippen molar-refractivity contribution in [3.63, 3.8) is 0 Å². The van der Waals surface area contributed by atoms with Gasteiger partial charge in [0.25, 0.3) is 0 Å². The van der Waals surface area contributed by atoms with E-state index in [1.165, 1.54) is 0 Å². The van der Waals surface area contributed by atoms with Crippen molar-refractivity contribution in [1.82, 2.24) is 9.99 Å². The zero-order chi connectivity index (χ0) is 6.97. The summed E-state index contributed by atoms with van der Waals surface area (Å²) in [5.74, 6) is 0. The van der Waals surface area contributed by atoms with E-state index in [1.54, 1.807) is 0 Å². The molecule has 0 bridgehead atoms. The van der Waals surface area contributed by atoms with Crippen LogP contribution in [0.5, 0.6) is 0 Å². The molecule has 0 aromatic carbocycles. The summed E-state index contributed by atoms with van der Waals surface area (Å²) < 4.78 is 7.78. The standard InChI is InChI=1S/C6H13N2OP/c10-8-3-5-6(4-8)9-2-1-7-5/h5-7H,1-4,10H2. The lowest BCUT2D eigenvalue weighted by Gasteiger charge is -2.25. The van der Waals surface area contributed by atoms with Gasteiger partial charge in [-0.3, -0.25) is 4.67 Å². The number of ether oxygens (including phenoxy) is 1. The molecule has 2 aliphatic heterocycles. The average Bonchev–Trinajstić information content (AvgIpc) is 2.27. The third-order valence-electron chi connectivity index (χ3n) is 2.13. The first-order valence-corrected chi connectivity index (χ1v) is 4.22. The van der Waals surface area contributed by atoms with Crippen LogP contribution in [0.15, 0.2) is 0 Å². The highest BCUT2D eigenvalue weighted by Gasteiger charge is 2.33. The van der Waals surface area contributed by atoms with Gasteiger partial charge in [-0.05, 0) is 0 Å². The number of fused-ring (bicyclic) bond motifs is 1. The Morgan fingerprint density at radius 2 is 2.40 bits per heavy atom. The number of rotatable bonds is 0. The van der Waals surface area contributed by atoms with Crippen molar-refractivity contribution < 1.29 is 4.74 Å². The van der Waals surface area contributed by atoms with Crippen molar-refractivity contribution in [3.8, 4) is 0 Å². The summed E-state index contributed by atoms with van der Waals surface area (Å²) in [6.07, 6.45) is 0.436. The van der Waals surface area contributed by atoms with Gasteiger partial charge in [0.15, 0.2) is 0 Å². The molecule has 0 aromatic heterocycles. The van der Waals surface area contributed by atoms with E-state index in [-0.39, 0.29) is 0 Å². The molecule has 58 valence electrons. The first-order valence-electron chi connectivity index (χ1n) is 3.71. The Kier molecular flexibility index (Phi) is 1.92. The molecule has 2 rings (SSSR count). The summed E-state index contributed by atoms with van der Waals surface area (Å²) in [6, 6.07) is 0.575. The molecule has 1 N–H and O–H groups in total. The molecule has 0 aromatic rings. The maximum Gasteiger partial charge on any atom is 0.0871 e. The van der Waals surface area contributed by atoms with Crippen LogP contribution in [0.1, 0.15) is 0 Å². The molecule has 3 nitrogen and oxygen atoms in total. The zero-order valence-corrected chi connectivity index (χ0v) is 7.07. The van der Waals surface area contributed by atoms with E-state index in [0.29, 0.717) is 12.1 Å². The normalized spacial score (nSPS) is 41.7. The van der Waals surface area contributed by atoms with Gasteiger partial charge in [-0.15, -0.1) is 0 Å². The van der Waals surface area contributed by atoms with Gasteiger partial charge in [0.1, 0.15) is 0 Å². The molecule has 2 aliphatic rings. The second-order valence-electron chi connectivity index (χ2n) is 2.92. The summed E-state index contributed by atoms with van der Waals surface area (Å²) in [7, 11) is 2.72. The van der Waals surface area contributed by atoms with E-state index in [2.05, 4.69) is 19.4 Å². The molecule has 0 saturated carbocycles. The highest BCUT2D eigenvalue weighted by Crippen LogP contribution is 2.18. The SMILES string of the molecule is PN1CC2NCCOC2C1. The van der Waals surface area contributed by atoms with Crippen molar-refractivity contribution in [2.75, 3.05) is 26.2 Å². The molecular weight excluding hydrogens is 147 g/mol. The highest BCUT2D eigenvalue weighted by atomic mass is 31.0. The molecule has 2 saturated heterocycles. The van der Waals surface area contributed by atoms with E-state index < -0.39 is 0 Å². The number of hydrogen-bond acceptors (Lipinski definition) is 3. The van der Waals surface area contributed by atoms with Crippen molar-refractivity contribution in [3.05, 3.63) is 0 Å². The first kappa shape index (κ1) is 6.99. The lowest BCUT2D eigenvalue weighted by Crippen LogP contribution is -2.47. The second kappa shape index (κ2) is 2.74. The Bertz CT molecular complexity index is 119. The minimum absolute atomic E-state index is 0.436. The molecule has 10 heavy (non-hydrogen) atoms. The molecule has 3 atom stereocenters. The summed E-state index contributed by atoms with van der Waals surface area (Å²) in [6.45, 7) is 4.05. The Morgan fingerprint density at radius 1 is 1.50 bits per heavy atom. The smallest absolute Gasteiger partial charge is 0.0871 e. The zero-order valence-electron chi connectivity index (χ0n) is 5.92. The fraction of sp³-hybridized carbons (Fsp3) is 1.00. The van der Waals surface area contributed by atoms with E-state index >= 15 is 0 Å². The molecule has 0 aliphatic carbocycles. The van der Waals surface area contributed by atoms with E-state index in [9.17, 15) is 0 Å². The fourth-order valence-electron chi connectivity index (χ4n) is 1.62. The third-order valence-corrected chi connectivity index (χ3v) is 2.56. The van der Waals surface area contributed by atoms with Crippen LogP contribution in [0.3, 0.4) is 0 Å². The lowest BCUT2D eigenvalue weighted by molar-refractivity contribution is 0.0195. The van der Waals surface area contributed by atoms with Crippen LogP contribution in [0, 0.1) is 0 Å². The van der Waals surface area contributed by atoms with Crippen molar-refractivity contribution in [1.29, 1.82) is 0 Å². The Balaban J connectivity index is 1.97. The van der Waals surface area contributed by atoms with Gasteiger partial charge >= 0.3 is 0 Å². The molecule has 0 radical (unpaired) electrons. The molecule has 4 heteroatoms. The number of hydrogen-bond donors (Lipinski definition) is 1. The number of morpholine rings is 1. The van der Waals surface area contributed by atoms with Crippen molar-refractivity contribution >= 4 is 9.39 Å². The minimum atomic E-state index is 0.436. The van der Waals surface area contributed by atoms with Crippen molar-refractivity contribution in [2.24, 2.45) is 0 Å². The van der Waals surface area contributed by atoms with Crippen LogP contribution in [-0.2, 0) is 4.74 Å². The van der Waals surface area contributed by atoms with Gasteiger partial charge in [-0.25, -0.2) is 0 Å². The molecule has 2 fully saturated rings. The predicted molar refractivity (Wildman–Crippen MR) is 42.8 cm³/mol. The topological polar surface area (TPSA) is 24.5 Å². The second-order valence-corrected chi connectivity index (χ2v) is 3.65. The van der Waals surface area contributed by atoms with Crippen LogP contribution >= 0.6 is 9.39 Å². The Hall–Kier alpha value is 0.310. The molecule has 0 amide bonds. The monoisotopic (exact) mass is 160 g/mol.